The van der Waals surface area contributed by atoms with E-state index in [1.165, 1.54) is 4.88 Å². The second-order valence-corrected chi connectivity index (χ2v) is 4.18. The summed E-state index contributed by atoms with van der Waals surface area (Å²) in [4.78, 5) is 1.41. The SMILES string of the molecule is CCn1cc(CCc2cccs2)nn1. The Morgan fingerprint density at radius 1 is 1.43 bits per heavy atom. The highest BCUT2D eigenvalue weighted by molar-refractivity contribution is 7.09. The number of hydrogen-bond donors (Lipinski definition) is 0. The standard InChI is InChI=1S/C10H13N3S/c1-2-13-8-9(11-12-13)5-6-10-4-3-7-14-10/h3-4,7-8H,2,5-6H2,1H3. The van der Waals surface area contributed by atoms with E-state index >= 15 is 0 Å². The summed E-state index contributed by atoms with van der Waals surface area (Å²) in [5, 5.41) is 10.2. The van der Waals surface area contributed by atoms with Crippen LogP contribution in [0.1, 0.15) is 17.5 Å². The maximum absolute atomic E-state index is 4.10. The van der Waals surface area contributed by atoms with Crippen molar-refractivity contribution in [3.63, 3.8) is 0 Å². The van der Waals surface area contributed by atoms with Crippen molar-refractivity contribution in [2.45, 2.75) is 26.3 Å². The van der Waals surface area contributed by atoms with E-state index in [0.717, 1.165) is 25.1 Å². The molecule has 14 heavy (non-hydrogen) atoms. The van der Waals surface area contributed by atoms with Gasteiger partial charge in [0.1, 0.15) is 0 Å². The molecule has 0 saturated carbocycles. The van der Waals surface area contributed by atoms with Crippen molar-refractivity contribution in [2.24, 2.45) is 0 Å². The number of rotatable bonds is 4. The van der Waals surface area contributed by atoms with E-state index < -0.39 is 0 Å². The summed E-state index contributed by atoms with van der Waals surface area (Å²) in [6, 6.07) is 4.25. The van der Waals surface area contributed by atoms with E-state index in [2.05, 4.69) is 34.7 Å². The first-order chi connectivity index (χ1) is 6.88. The van der Waals surface area contributed by atoms with Gasteiger partial charge in [-0.3, -0.25) is 4.68 Å². The third kappa shape index (κ3) is 2.20. The predicted molar refractivity (Wildman–Crippen MR) is 57.4 cm³/mol. The molecule has 0 bridgehead atoms. The molecule has 0 amide bonds. The fourth-order valence-electron chi connectivity index (χ4n) is 1.31. The van der Waals surface area contributed by atoms with Gasteiger partial charge in [-0.15, -0.1) is 16.4 Å². The van der Waals surface area contributed by atoms with Crippen molar-refractivity contribution in [3.8, 4) is 0 Å². The molecule has 2 aromatic rings. The topological polar surface area (TPSA) is 30.7 Å². The minimum atomic E-state index is 0.895. The molecular weight excluding hydrogens is 194 g/mol. The Morgan fingerprint density at radius 2 is 2.36 bits per heavy atom. The van der Waals surface area contributed by atoms with Gasteiger partial charge in [0.2, 0.25) is 0 Å². The largest absolute Gasteiger partial charge is 0.253 e. The van der Waals surface area contributed by atoms with Gasteiger partial charge in [-0.05, 0) is 31.2 Å². The van der Waals surface area contributed by atoms with Gasteiger partial charge in [0.15, 0.2) is 0 Å². The molecule has 0 N–H and O–H groups in total. The number of aryl methyl sites for hydroxylation is 3. The van der Waals surface area contributed by atoms with Gasteiger partial charge in [0.25, 0.3) is 0 Å². The molecule has 74 valence electrons. The van der Waals surface area contributed by atoms with Crippen LogP contribution in [0.3, 0.4) is 0 Å². The molecule has 0 aliphatic heterocycles. The Balaban J connectivity index is 1.92. The number of hydrogen-bond acceptors (Lipinski definition) is 3. The summed E-state index contributed by atoms with van der Waals surface area (Å²) >= 11 is 1.80. The molecule has 0 aromatic carbocycles. The molecule has 4 heteroatoms. The van der Waals surface area contributed by atoms with Gasteiger partial charge in [-0.1, -0.05) is 11.3 Å². The first-order valence-electron chi connectivity index (χ1n) is 4.80. The fourth-order valence-corrected chi connectivity index (χ4v) is 2.02. The van der Waals surface area contributed by atoms with Crippen LogP contribution in [0.25, 0.3) is 0 Å². The number of nitrogens with zero attached hydrogens (tertiary/aromatic N) is 3. The smallest absolute Gasteiger partial charge is 0.0830 e. The van der Waals surface area contributed by atoms with Crippen LogP contribution in [0, 0.1) is 0 Å². The van der Waals surface area contributed by atoms with Gasteiger partial charge in [0, 0.05) is 17.6 Å². The summed E-state index contributed by atoms with van der Waals surface area (Å²) in [5.41, 5.74) is 1.08. The fraction of sp³-hybridized carbons (Fsp3) is 0.400. The maximum atomic E-state index is 4.10. The zero-order valence-electron chi connectivity index (χ0n) is 8.18. The Bertz CT molecular complexity index is 378. The maximum Gasteiger partial charge on any atom is 0.0830 e. The molecule has 0 saturated heterocycles. The Morgan fingerprint density at radius 3 is 3.00 bits per heavy atom. The van der Waals surface area contributed by atoms with Crippen LogP contribution in [-0.4, -0.2) is 15.0 Å². The average Bonchev–Trinajstić information content (AvgIpc) is 2.86. The monoisotopic (exact) mass is 207 g/mol. The van der Waals surface area contributed by atoms with Crippen molar-refractivity contribution in [3.05, 3.63) is 34.3 Å². The van der Waals surface area contributed by atoms with Crippen molar-refractivity contribution in [1.82, 2.24) is 15.0 Å². The summed E-state index contributed by atoms with van der Waals surface area (Å²) in [6.07, 6.45) is 4.08. The highest BCUT2D eigenvalue weighted by Crippen LogP contribution is 2.11. The van der Waals surface area contributed by atoms with E-state index in [-0.39, 0.29) is 0 Å². The highest BCUT2D eigenvalue weighted by atomic mass is 32.1. The summed E-state index contributed by atoms with van der Waals surface area (Å²) in [6.45, 7) is 2.96. The Kier molecular flexibility index (Phi) is 2.93. The first kappa shape index (κ1) is 9.40. The van der Waals surface area contributed by atoms with E-state index in [0.29, 0.717) is 0 Å². The third-order valence-corrected chi connectivity index (χ3v) is 3.05. The number of thiophene rings is 1. The van der Waals surface area contributed by atoms with Crippen molar-refractivity contribution in [2.75, 3.05) is 0 Å². The summed E-state index contributed by atoms with van der Waals surface area (Å²) in [7, 11) is 0. The lowest BCUT2D eigenvalue weighted by molar-refractivity contribution is 0.626. The van der Waals surface area contributed by atoms with Crippen LogP contribution >= 0.6 is 11.3 Å². The third-order valence-electron chi connectivity index (χ3n) is 2.12. The molecular formula is C10H13N3S. The summed E-state index contributed by atoms with van der Waals surface area (Å²) in [5.74, 6) is 0. The van der Waals surface area contributed by atoms with E-state index in [1.54, 1.807) is 11.3 Å². The second-order valence-electron chi connectivity index (χ2n) is 3.14. The lowest BCUT2D eigenvalue weighted by Crippen LogP contribution is -1.93. The predicted octanol–water partition coefficient (Wildman–Crippen LogP) is 2.14. The van der Waals surface area contributed by atoms with Crippen molar-refractivity contribution < 1.29 is 0 Å². The first-order valence-corrected chi connectivity index (χ1v) is 5.68. The highest BCUT2D eigenvalue weighted by Gasteiger charge is 2.00. The molecule has 0 aliphatic rings. The second kappa shape index (κ2) is 4.37. The molecule has 2 heterocycles. The normalized spacial score (nSPS) is 10.6. The Labute approximate surface area is 87.4 Å². The van der Waals surface area contributed by atoms with Crippen molar-refractivity contribution >= 4 is 11.3 Å². The van der Waals surface area contributed by atoms with Gasteiger partial charge in [-0.25, -0.2) is 0 Å². The molecule has 3 nitrogen and oxygen atoms in total. The molecule has 0 unspecified atom stereocenters. The van der Waals surface area contributed by atoms with Gasteiger partial charge in [-0.2, -0.15) is 0 Å². The lowest BCUT2D eigenvalue weighted by Gasteiger charge is -1.92. The van der Waals surface area contributed by atoms with E-state index in [4.69, 9.17) is 0 Å². The van der Waals surface area contributed by atoms with Crippen molar-refractivity contribution in [1.29, 1.82) is 0 Å². The molecule has 0 fully saturated rings. The molecule has 0 radical (unpaired) electrons. The molecule has 0 spiro atoms. The van der Waals surface area contributed by atoms with Gasteiger partial charge >= 0.3 is 0 Å². The van der Waals surface area contributed by atoms with E-state index in [1.807, 2.05) is 10.9 Å². The lowest BCUT2D eigenvalue weighted by atomic mass is 10.2. The van der Waals surface area contributed by atoms with Crippen LogP contribution in [0.2, 0.25) is 0 Å². The van der Waals surface area contributed by atoms with Crippen LogP contribution < -0.4 is 0 Å². The Hall–Kier alpha value is -1.16. The van der Waals surface area contributed by atoms with Crippen LogP contribution in [0.15, 0.2) is 23.7 Å². The van der Waals surface area contributed by atoms with Crippen LogP contribution in [0.5, 0.6) is 0 Å². The van der Waals surface area contributed by atoms with Crippen LogP contribution in [0.4, 0.5) is 0 Å². The minimum absolute atomic E-state index is 0.895. The number of aromatic nitrogens is 3. The summed E-state index contributed by atoms with van der Waals surface area (Å²) < 4.78 is 1.86. The molecule has 2 aromatic heterocycles. The molecule has 2 rings (SSSR count). The molecule has 0 atom stereocenters. The van der Waals surface area contributed by atoms with Gasteiger partial charge in [0.05, 0.1) is 5.69 Å². The quantitative estimate of drug-likeness (QED) is 0.769. The molecule has 0 aliphatic carbocycles. The van der Waals surface area contributed by atoms with Gasteiger partial charge < -0.3 is 0 Å². The average molecular weight is 207 g/mol. The minimum Gasteiger partial charge on any atom is -0.253 e. The van der Waals surface area contributed by atoms with Crippen LogP contribution in [-0.2, 0) is 19.4 Å². The zero-order chi connectivity index (χ0) is 9.80. The zero-order valence-corrected chi connectivity index (χ0v) is 9.00. The van der Waals surface area contributed by atoms with E-state index in [9.17, 15) is 0 Å².